The molecule has 1 spiro atoms. The van der Waals surface area contributed by atoms with Crippen LogP contribution in [0.4, 0.5) is 4.39 Å². The van der Waals surface area contributed by atoms with E-state index < -0.39 is 0 Å². The van der Waals surface area contributed by atoms with E-state index >= 15 is 0 Å². The Morgan fingerprint density at radius 2 is 2.19 bits per heavy atom. The minimum atomic E-state index is -0.335. The number of benzene rings is 1. The molecule has 3 aliphatic rings. The van der Waals surface area contributed by atoms with Gasteiger partial charge in [-0.3, -0.25) is 9.69 Å². The van der Waals surface area contributed by atoms with Crippen molar-refractivity contribution in [3.63, 3.8) is 0 Å². The summed E-state index contributed by atoms with van der Waals surface area (Å²) in [5, 5.41) is 3.04. The molecule has 1 aromatic rings. The lowest BCUT2D eigenvalue weighted by atomic mass is 9.73. The van der Waals surface area contributed by atoms with Crippen molar-refractivity contribution in [1.82, 2.24) is 10.2 Å². The van der Waals surface area contributed by atoms with Crippen LogP contribution >= 0.6 is 0 Å². The zero-order chi connectivity index (χ0) is 19.4. The molecule has 0 unspecified atom stereocenters. The van der Waals surface area contributed by atoms with Crippen LogP contribution in [0.1, 0.15) is 49.5 Å². The lowest BCUT2D eigenvalue weighted by Crippen LogP contribution is -2.41. The van der Waals surface area contributed by atoms with E-state index in [0.29, 0.717) is 29.5 Å². The highest BCUT2D eigenvalue weighted by atomic mass is 19.1. The maximum atomic E-state index is 13.8. The zero-order valence-corrected chi connectivity index (χ0v) is 16.8. The summed E-state index contributed by atoms with van der Waals surface area (Å²) < 4.78 is 20.2. The van der Waals surface area contributed by atoms with Gasteiger partial charge in [-0.1, -0.05) is 26.8 Å². The van der Waals surface area contributed by atoms with Crippen LogP contribution in [0.3, 0.4) is 0 Å². The predicted molar refractivity (Wildman–Crippen MR) is 103 cm³/mol. The number of nitrogens with one attached hydrogen (secondary N) is 1. The van der Waals surface area contributed by atoms with Crippen LogP contribution in [0.15, 0.2) is 18.2 Å². The third-order valence-corrected chi connectivity index (χ3v) is 6.48. The molecule has 27 heavy (non-hydrogen) atoms. The first-order chi connectivity index (χ1) is 12.7. The van der Waals surface area contributed by atoms with Gasteiger partial charge >= 0.3 is 0 Å². The second-order valence-corrected chi connectivity index (χ2v) is 9.93. The van der Waals surface area contributed by atoms with E-state index in [9.17, 15) is 9.18 Å². The Morgan fingerprint density at radius 3 is 2.89 bits per heavy atom. The monoisotopic (exact) mass is 374 g/mol. The van der Waals surface area contributed by atoms with E-state index in [-0.39, 0.29) is 28.8 Å². The van der Waals surface area contributed by atoms with E-state index in [1.165, 1.54) is 6.07 Å². The van der Waals surface area contributed by atoms with Crippen LogP contribution in [0.5, 0.6) is 0 Å². The second kappa shape index (κ2) is 6.56. The lowest BCUT2D eigenvalue weighted by molar-refractivity contribution is 0.000433. The first-order valence-corrected chi connectivity index (χ1v) is 10.1. The van der Waals surface area contributed by atoms with E-state index in [0.717, 1.165) is 32.5 Å². The number of hydrogen-bond donors (Lipinski definition) is 1. The summed E-state index contributed by atoms with van der Waals surface area (Å²) >= 11 is 0. The normalized spacial score (nSPS) is 32.7. The van der Waals surface area contributed by atoms with E-state index in [1.807, 2.05) is 0 Å². The van der Waals surface area contributed by atoms with Crippen LogP contribution < -0.4 is 5.32 Å². The third-order valence-electron chi connectivity index (χ3n) is 6.48. The Kier molecular flexibility index (Phi) is 4.59. The van der Waals surface area contributed by atoms with Gasteiger partial charge in [-0.15, -0.1) is 0 Å². The Morgan fingerprint density at radius 1 is 1.41 bits per heavy atom. The maximum Gasteiger partial charge on any atom is 0.251 e. The third kappa shape index (κ3) is 3.52. The van der Waals surface area contributed by atoms with E-state index in [4.69, 9.17) is 4.74 Å². The van der Waals surface area contributed by atoms with E-state index in [1.54, 1.807) is 19.1 Å². The number of rotatable bonds is 4. The van der Waals surface area contributed by atoms with Gasteiger partial charge in [-0.05, 0) is 42.9 Å². The fourth-order valence-electron chi connectivity index (χ4n) is 5.40. The van der Waals surface area contributed by atoms with Gasteiger partial charge in [0.2, 0.25) is 0 Å². The minimum Gasteiger partial charge on any atom is -0.370 e. The zero-order valence-electron chi connectivity index (χ0n) is 16.8. The number of halogens is 1. The molecule has 148 valence electrons. The van der Waals surface area contributed by atoms with Crippen molar-refractivity contribution >= 4 is 5.91 Å². The van der Waals surface area contributed by atoms with Crippen molar-refractivity contribution in [2.45, 2.75) is 52.2 Å². The molecule has 4 rings (SSSR count). The summed E-state index contributed by atoms with van der Waals surface area (Å²) in [7, 11) is 0. The molecule has 1 amide bonds. The van der Waals surface area contributed by atoms with Gasteiger partial charge in [-0.25, -0.2) is 4.39 Å². The van der Waals surface area contributed by atoms with Gasteiger partial charge in [0.25, 0.3) is 5.91 Å². The Balaban J connectivity index is 1.41. The number of aryl methyl sites for hydroxylation is 1. The summed E-state index contributed by atoms with van der Waals surface area (Å²) in [5.74, 6) is 0.297. The summed E-state index contributed by atoms with van der Waals surface area (Å²) in [6, 6.07) is 4.67. The number of hydrogen-bond acceptors (Lipinski definition) is 3. The van der Waals surface area contributed by atoms with Crippen LogP contribution in [-0.4, -0.2) is 48.7 Å². The topological polar surface area (TPSA) is 41.6 Å². The highest BCUT2D eigenvalue weighted by molar-refractivity contribution is 5.94. The molecular weight excluding hydrogens is 343 g/mol. The van der Waals surface area contributed by atoms with Gasteiger partial charge < -0.3 is 10.1 Å². The molecule has 4 nitrogen and oxygen atoms in total. The van der Waals surface area contributed by atoms with Gasteiger partial charge in [0.05, 0.1) is 11.7 Å². The number of likely N-dealkylation sites (tertiary alicyclic amines) is 1. The van der Waals surface area contributed by atoms with Crippen molar-refractivity contribution in [1.29, 1.82) is 0 Å². The average Bonchev–Trinajstić information content (AvgIpc) is 3.21. The average molecular weight is 375 g/mol. The molecular formula is C22H31FN2O2. The predicted octanol–water partition coefficient (Wildman–Crippen LogP) is 3.39. The second-order valence-electron chi connectivity index (χ2n) is 9.93. The van der Waals surface area contributed by atoms with Crippen molar-refractivity contribution < 1.29 is 13.9 Å². The highest BCUT2D eigenvalue weighted by Crippen LogP contribution is 2.54. The number of carbonyl (C=O) groups is 1. The molecule has 3 fully saturated rings. The Hall–Kier alpha value is -1.46. The number of carbonyl (C=O) groups excluding carboxylic acids is 1. The molecule has 1 aromatic carbocycles. The fourth-order valence-corrected chi connectivity index (χ4v) is 5.40. The van der Waals surface area contributed by atoms with Gasteiger partial charge in [-0.2, -0.15) is 0 Å². The molecule has 5 heteroatoms. The van der Waals surface area contributed by atoms with Gasteiger partial charge in [0.15, 0.2) is 0 Å². The first kappa shape index (κ1) is 18.9. The standard InChI is InChI=1S/C22H31FN2O2/c1-14-5-6-15(9-18(14)23)20(26)24-10-16-17-11-25(12-21(2,3)4)13-22(17)8-7-19(16)27-22/h5-6,9,16-17,19H,7-8,10-13H2,1-4H3,(H,24,26)/t16-,17+,19+,22+/m0/s1. The fraction of sp³-hybridized carbons (Fsp3) is 0.682. The molecule has 0 aliphatic carbocycles. The molecule has 4 atom stereocenters. The maximum absolute atomic E-state index is 13.8. The van der Waals surface area contributed by atoms with Crippen molar-refractivity contribution in [2.75, 3.05) is 26.2 Å². The first-order valence-electron chi connectivity index (χ1n) is 10.1. The summed E-state index contributed by atoms with van der Waals surface area (Å²) in [4.78, 5) is 15.0. The Bertz CT molecular complexity index is 744. The van der Waals surface area contributed by atoms with Crippen LogP contribution in [-0.2, 0) is 4.74 Å². The van der Waals surface area contributed by atoms with Crippen molar-refractivity contribution in [3.05, 3.63) is 35.1 Å². The van der Waals surface area contributed by atoms with Crippen molar-refractivity contribution in [2.24, 2.45) is 17.3 Å². The lowest BCUT2D eigenvalue weighted by Gasteiger charge is -2.29. The molecule has 0 radical (unpaired) electrons. The highest BCUT2D eigenvalue weighted by Gasteiger charge is 2.62. The van der Waals surface area contributed by atoms with Crippen LogP contribution in [0.25, 0.3) is 0 Å². The molecule has 3 heterocycles. The molecule has 0 saturated carbocycles. The number of ether oxygens (including phenoxy) is 1. The number of nitrogens with zero attached hydrogens (tertiary/aromatic N) is 1. The van der Waals surface area contributed by atoms with Crippen LogP contribution in [0.2, 0.25) is 0 Å². The van der Waals surface area contributed by atoms with Crippen LogP contribution in [0, 0.1) is 30.0 Å². The number of amides is 1. The summed E-state index contributed by atoms with van der Waals surface area (Å²) in [6.45, 7) is 12.3. The largest absolute Gasteiger partial charge is 0.370 e. The molecule has 2 bridgehead atoms. The van der Waals surface area contributed by atoms with Gasteiger partial charge in [0, 0.05) is 43.6 Å². The number of fused-ring (bicyclic) bond motifs is 1. The molecule has 3 saturated heterocycles. The summed E-state index contributed by atoms with van der Waals surface area (Å²) in [6.07, 6.45) is 2.47. The molecule has 0 aromatic heterocycles. The SMILES string of the molecule is Cc1ccc(C(=O)NC[C@H]2[C@H]3CN(CC(C)(C)C)C[C@]34CC[C@H]2O4)cc1F. The molecule has 3 aliphatic heterocycles. The quantitative estimate of drug-likeness (QED) is 0.878. The minimum absolute atomic E-state index is 0.0126. The Labute approximate surface area is 161 Å². The van der Waals surface area contributed by atoms with E-state index in [2.05, 4.69) is 31.0 Å². The van der Waals surface area contributed by atoms with Crippen molar-refractivity contribution in [3.8, 4) is 0 Å². The smallest absolute Gasteiger partial charge is 0.251 e. The van der Waals surface area contributed by atoms with Gasteiger partial charge in [0.1, 0.15) is 5.82 Å². The molecule has 1 N–H and O–H groups in total. The summed E-state index contributed by atoms with van der Waals surface area (Å²) in [5.41, 5.74) is 1.20.